The average molecular weight is 574 g/mol. The second kappa shape index (κ2) is 11.3. The lowest BCUT2D eigenvalue weighted by atomic mass is 9.81. The molecule has 1 saturated heterocycles. The number of aldehydes is 1. The number of H-pyrrole nitrogens is 1. The zero-order valence-electron chi connectivity index (χ0n) is 22.5. The summed E-state index contributed by atoms with van der Waals surface area (Å²) in [6, 6.07) is 8.00. The molecular weight excluding hydrogens is 544 g/mol. The van der Waals surface area contributed by atoms with E-state index in [1.54, 1.807) is 52.0 Å². The van der Waals surface area contributed by atoms with E-state index in [4.69, 9.17) is 16.3 Å². The predicted octanol–water partition coefficient (Wildman–Crippen LogP) is 4.98. The fourth-order valence-electron chi connectivity index (χ4n) is 4.44. The van der Waals surface area contributed by atoms with Crippen LogP contribution in [-0.2, 0) is 14.9 Å². The van der Waals surface area contributed by atoms with E-state index in [0.717, 1.165) is 12.1 Å². The van der Waals surface area contributed by atoms with Gasteiger partial charge in [-0.1, -0.05) is 23.7 Å². The molecule has 3 N–H and O–H groups in total. The average Bonchev–Trinajstić information content (AvgIpc) is 3.36. The number of nitrogens with zero attached hydrogens (tertiary/aromatic N) is 2. The minimum atomic E-state index is -1.17. The first-order chi connectivity index (χ1) is 18.8. The lowest BCUT2D eigenvalue weighted by molar-refractivity contribution is -0.111. The van der Waals surface area contributed by atoms with Crippen molar-refractivity contribution in [2.45, 2.75) is 44.8 Å². The van der Waals surface area contributed by atoms with Crippen LogP contribution in [0.1, 0.15) is 60.9 Å². The highest BCUT2D eigenvalue weighted by Gasteiger charge is 2.34. The molecule has 2 aromatic carbocycles. The molecule has 1 fully saturated rings. The number of amides is 2. The number of imidazole rings is 1. The van der Waals surface area contributed by atoms with Gasteiger partial charge < -0.3 is 19.8 Å². The molecule has 9 nitrogen and oxygen atoms in total. The Morgan fingerprint density at radius 2 is 1.80 bits per heavy atom. The van der Waals surface area contributed by atoms with E-state index in [1.807, 2.05) is 0 Å². The van der Waals surface area contributed by atoms with Crippen LogP contribution in [-0.4, -0.2) is 58.4 Å². The van der Waals surface area contributed by atoms with Crippen LogP contribution in [0.3, 0.4) is 0 Å². The van der Waals surface area contributed by atoms with E-state index >= 15 is 8.78 Å². The molecule has 2 amide bonds. The summed E-state index contributed by atoms with van der Waals surface area (Å²) >= 11 is 5.95. The van der Waals surface area contributed by atoms with Crippen molar-refractivity contribution in [3.63, 3.8) is 0 Å². The molecule has 0 spiro atoms. The van der Waals surface area contributed by atoms with Gasteiger partial charge in [0, 0.05) is 30.9 Å². The van der Waals surface area contributed by atoms with Crippen molar-refractivity contribution in [2.75, 3.05) is 25.0 Å². The Labute approximate surface area is 235 Å². The van der Waals surface area contributed by atoms with Crippen LogP contribution < -0.4 is 10.6 Å². The Morgan fingerprint density at radius 1 is 1.15 bits per heavy atom. The van der Waals surface area contributed by atoms with Gasteiger partial charge in [-0.3, -0.25) is 15.0 Å². The third kappa shape index (κ3) is 6.15. The molecule has 212 valence electrons. The quantitative estimate of drug-likeness (QED) is 0.358. The van der Waals surface area contributed by atoms with Gasteiger partial charge in [0.25, 0.3) is 5.91 Å². The molecule has 0 saturated carbocycles. The van der Waals surface area contributed by atoms with Crippen LogP contribution in [0.5, 0.6) is 0 Å². The molecule has 3 aromatic rings. The zero-order valence-corrected chi connectivity index (χ0v) is 23.2. The summed E-state index contributed by atoms with van der Waals surface area (Å²) in [5.74, 6) is -3.38. The van der Waals surface area contributed by atoms with Crippen LogP contribution in [0.2, 0.25) is 5.02 Å². The number of carbonyl (C=O) groups is 3. The first-order valence-corrected chi connectivity index (χ1v) is 13.0. The van der Waals surface area contributed by atoms with Crippen LogP contribution in [0.15, 0.2) is 42.6 Å². The monoisotopic (exact) mass is 573 g/mol. The van der Waals surface area contributed by atoms with Crippen molar-refractivity contribution in [3.05, 3.63) is 81.6 Å². The van der Waals surface area contributed by atoms with Gasteiger partial charge in [0.2, 0.25) is 5.95 Å². The molecule has 2 heterocycles. The summed E-state index contributed by atoms with van der Waals surface area (Å²) in [5, 5.41) is 5.96. The molecule has 1 aliphatic rings. The van der Waals surface area contributed by atoms with Gasteiger partial charge in [-0.05, 0) is 63.1 Å². The molecule has 0 bridgehead atoms. The highest BCUT2D eigenvalue weighted by molar-refractivity contribution is 6.30. The lowest BCUT2D eigenvalue weighted by Gasteiger charge is -2.37. The standard InChI is InChI=1S/C28H30ClF2N5O4/c1-27(2,3)40-26(39)36-10-9-32-13-21(36)16-11-19(30)23(20(31)12-16)24(38)35-25-33-14-22(34-25)28(4,15-37)17-5-7-18(29)8-6-17/h5-8,11-12,14-15,21,32H,9-10,13H2,1-4H3,(H2,33,34,35,38). The molecule has 2 unspecified atom stereocenters. The Hall–Kier alpha value is -3.83. The van der Waals surface area contributed by atoms with E-state index < -0.39 is 46.3 Å². The van der Waals surface area contributed by atoms with Gasteiger partial charge in [-0.15, -0.1) is 0 Å². The van der Waals surface area contributed by atoms with Crippen molar-refractivity contribution in [2.24, 2.45) is 0 Å². The van der Waals surface area contributed by atoms with E-state index in [1.165, 1.54) is 11.1 Å². The topological polar surface area (TPSA) is 116 Å². The van der Waals surface area contributed by atoms with Gasteiger partial charge in [0.15, 0.2) is 0 Å². The Kier molecular flexibility index (Phi) is 8.27. The molecule has 0 radical (unpaired) electrons. The number of benzene rings is 2. The fraction of sp³-hybridized carbons (Fsp3) is 0.357. The van der Waals surface area contributed by atoms with Gasteiger partial charge in [-0.2, -0.15) is 0 Å². The lowest BCUT2D eigenvalue weighted by Crippen LogP contribution is -2.50. The maximum Gasteiger partial charge on any atom is 0.410 e. The van der Waals surface area contributed by atoms with E-state index in [9.17, 15) is 14.4 Å². The predicted molar refractivity (Wildman–Crippen MR) is 145 cm³/mol. The minimum absolute atomic E-state index is 0.0995. The number of ether oxygens (including phenoxy) is 1. The normalized spacial score (nSPS) is 17.2. The number of halogens is 3. The summed E-state index contributed by atoms with van der Waals surface area (Å²) in [6.45, 7) is 7.86. The summed E-state index contributed by atoms with van der Waals surface area (Å²) in [5.41, 5.74) is -1.66. The number of hydrogen-bond donors (Lipinski definition) is 3. The molecule has 0 aliphatic carbocycles. The van der Waals surface area contributed by atoms with Crippen molar-refractivity contribution in [1.82, 2.24) is 20.2 Å². The first kappa shape index (κ1) is 29.2. The highest BCUT2D eigenvalue weighted by atomic mass is 35.5. The molecule has 12 heteroatoms. The fourth-order valence-corrected chi connectivity index (χ4v) is 4.56. The summed E-state index contributed by atoms with van der Waals surface area (Å²) < 4.78 is 35.8. The third-order valence-electron chi connectivity index (χ3n) is 6.57. The van der Waals surface area contributed by atoms with Crippen LogP contribution in [0, 0.1) is 11.6 Å². The number of anilines is 1. The number of aromatic amines is 1. The SMILES string of the molecule is CC(C)(C)OC(=O)N1CCNCC1c1cc(F)c(C(=O)Nc2nc(C(C)(C=O)c3ccc(Cl)cc3)c[nH]2)c(F)c1. The van der Waals surface area contributed by atoms with Gasteiger partial charge in [-0.25, -0.2) is 18.6 Å². The van der Waals surface area contributed by atoms with E-state index in [-0.39, 0.29) is 30.3 Å². The third-order valence-corrected chi connectivity index (χ3v) is 6.82. The van der Waals surface area contributed by atoms with Crippen LogP contribution >= 0.6 is 11.6 Å². The largest absolute Gasteiger partial charge is 0.444 e. The van der Waals surface area contributed by atoms with Gasteiger partial charge >= 0.3 is 6.09 Å². The Bertz CT molecular complexity index is 1400. The zero-order chi connectivity index (χ0) is 29.2. The maximum absolute atomic E-state index is 15.2. The first-order valence-electron chi connectivity index (χ1n) is 12.6. The second-order valence-corrected chi connectivity index (χ2v) is 11.1. The number of piperazine rings is 1. The molecule has 1 aromatic heterocycles. The van der Waals surface area contributed by atoms with Gasteiger partial charge in [0.1, 0.15) is 29.1 Å². The molecule has 1 aliphatic heterocycles. The van der Waals surface area contributed by atoms with Crippen molar-refractivity contribution in [1.29, 1.82) is 0 Å². The maximum atomic E-state index is 15.2. The van der Waals surface area contributed by atoms with E-state index in [2.05, 4.69) is 20.6 Å². The molecule has 2 atom stereocenters. The Balaban J connectivity index is 1.55. The highest BCUT2D eigenvalue weighted by Crippen LogP contribution is 2.31. The molecule has 4 rings (SSSR count). The van der Waals surface area contributed by atoms with Crippen molar-refractivity contribution >= 4 is 35.8 Å². The summed E-state index contributed by atoms with van der Waals surface area (Å²) in [6.07, 6.45) is 1.53. The van der Waals surface area contributed by atoms with Crippen molar-refractivity contribution < 1.29 is 27.9 Å². The Morgan fingerprint density at radius 3 is 2.40 bits per heavy atom. The minimum Gasteiger partial charge on any atom is -0.444 e. The molecule has 40 heavy (non-hydrogen) atoms. The second-order valence-electron chi connectivity index (χ2n) is 10.7. The number of aromatic nitrogens is 2. The number of rotatable bonds is 6. The number of hydrogen-bond acceptors (Lipinski definition) is 6. The van der Waals surface area contributed by atoms with E-state index in [0.29, 0.717) is 23.4 Å². The van der Waals surface area contributed by atoms with Crippen molar-refractivity contribution in [3.8, 4) is 0 Å². The molecular formula is C28H30ClF2N5O4. The smallest absolute Gasteiger partial charge is 0.410 e. The summed E-state index contributed by atoms with van der Waals surface area (Å²) in [4.78, 5) is 46.0. The van der Waals surface area contributed by atoms with Crippen LogP contribution in [0.4, 0.5) is 19.5 Å². The summed E-state index contributed by atoms with van der Waals surface area (Å²) in [7, 11) is 0. The van der Waals surface area contributed by atoms with Gasteiger partial charge in [0.05, 0.1) is 17.2 Å². The number of nitrogens with one attached hydrogen (secondary N) is 3. The van der Waals surface area contributed by atoms with Crippen LogP contribution in [0.25, 0.3) is 0 Å². The number of carbonyl (C=O) groups excluding carboxylic acids is 3.